The molecule has 2 aromatic carbocycles. The van der Waals surface area contributed by atoms with Crippen molar-refractivity contribution in [2.45, 2.75) is 35.7 Å². The van der Waals surface area contributed by atoms with Crippen LogP contribution in [-0.2, 0) is 0 Å². The Bertz CT molecular complexity index is 1370. The Morgan fingerprint density at radius 2 is 1.71 bits per heavy atom. The van der Waals surface area contributed by atoms with Crippen molar-refractivity contribution < 1.29 is 4.92 Å². The molecule has 0 aliphatic carbocycles. The molecule has 2 N–H and O–H groups in total. The minimum Gasteiger partial charge on any atom is -0.362 e. The minimum absolute atomic E-state index is 0.0597. The van der Waals surface area contributed by atoms with Gasteiger partial charge >= 0.3 is 0 Å². The van der Waals surface area contributed by atoms with Crippen LogP contribution in [0.1, 0.15) is 34.7 Å². The van der Waals surface area contributed by atoms with E-state index in [1.54, 1.807) is 30.1 Å². The number of pyridine rings is 1. The highest BCUT2D eigenvalue weighted by Crippen LogP contribution is 2.43. The molecule has 1 aliphatic heterocycles. The van der Waals surface area contributed by atoms with Gasteiger partial charge in [0, 0.05) is 45.2 Å². The summed E-state index contributed by atoms with van der Waals surface area (Å²) in [6, 6.07) is 22.7. The number of benzene rings is 2. The topological polar surface area (TPSA) is 87.1 Å². The summed E-state index contributed by atoms with van der Waals surface area (Å²) >= 11 is 7.37. The van der Waals surface area contributed by atoms with Gasteiger partial charge in [0.2, 0.25) is 0 Å². The van der Waals surface area contributed by atoms with Crippen LogP contribution in [0.15, 0.2) is 88.8 Å². The summed E-state index contributed by atoms with van der Waals surface area (Å²) in [5.41, 5.74) is 5.39. The molecule has 9 heteroatoms. The maximum atomic E-state index is 10.9. The Balaban J connectivity index is 1.45. The molecule has 2 aromatic heterocycles. The number of H-pyrrole nitrogens is 1. The zero-order chi connectivity index (χ0) is 24.5. The van der Waals surface area contributed by atoms with Crippen LogP contribution in [0, 0.1) is 24.0 Å². The van der Waals surface area contributed by atoms with E-state index in [2.05, 4.69) is 52.2 Å². The quantitative estimate of drug-likeness (QED) is 0.183. The molecule has 0 radical (unpaired) electrons. The SMILES string of the molecule is Cc1cc([C@@H]2[C@@H](c3ccccn3)NC(=S)N2c2ccc(Sc3ccc([N+](=O)[O-])cc3)cc2)c(C)[nH]1. The van der Waals surface area contributed by atoms with Crippen molar-refractivity contribution in [3.63, 3.8) is 0 Å². The summed E-state index contributed by atoms with van der Waals surface area (Å²) in [7, 11) is 0. The number of aryl methyl sites for hydroxylation is 2. The number of nitrogens with zero attached hydrogens (tertiary/aromatic N) is 3. The molecule has 1 aliphatic rings. The van der Waals surface area contributed by atoms with Crippen molar-refractivity contribution in [1.82, 2.24) is 15.3 Å². The monoisotopic (exact) mass is 501 g/mol. The first-order valence-corrected chi connectivity index (χ1v) is 12.3. The summed E-state index contributed by atoms with van der Waals surface area (Å²) < 4.78 is 0. The lowest BCUT2D eigenvalue weighted by molar-refractivity contribution is -0.384. The van der Waals surface area contributed by atoms with E-state index in [1.165, 1.54) is 17.7 Å². The molecule has 0 saturated carbocycles. The number of non-ortho nitro benzene ring substituents is 1. The first-order chi connectivity index (χ1) is 16.9. The largest absolute Gasteiger partial charge is 0.362 e. The fraction of sp³-hybridized carbons (Fsp3) is 0.154. The van der Waals surface area contributed by atoms with E-state index in [-0.39, 0.29) is 17.8 Å². The first kappa shape index (κ1) is 23.1. The predicted molar refractivity (Wildman–Crippen MR) is 142 cm³/mol. The number of rotatable bonds is 6. The van der Waals surface area contributed by atoms with Crippen molar-refractivity contribution in [3.05, 3.63) is 112 Å². The number of hydrogen-bond acceptors (Lipinski definition) is 5. The normalized spacial score (nSPS) is 17.4. The first-order valence-electron chi connectivity index (χ1n) is 11.1. The van der Waals surface area contributed by atoms with Crippen molar-refractivity contribution in [1.29, 1.82) is 0 Å². The highest BCUT2D eigenvalue weighted by atomic mass is 32.2. The van der Waals surface area contributed by atoms with E-state index >= 15 is 0 Å². The Kier molecular flexibility index (Phi) is 6.27. The second kappa shape index (κ2) is 9.52. The van der Waals surface area contributed by atoms with Crippen LogP contribution in [0.5, 0.6) is 0 Å². The van der Waals surface area contributed by atoms with Crippen molar-refractivity contribution in [3.8, 4) is 0 Å². The number of aromatic amines is 1. The molecule has 3 heterocycles. The number of hydrogen-bond donors (Lipinski definition) is 2. The van der Waals surface area contributed by atoms with Gasteiger partial charge in [0.15, 0.2) is 5.11 Å². The number of aromatic nitrogens is 2. The standard InChI is InChI=1S/C26H23N5O2S2/c1-16-15-22(17(2)28-16)25-24(23-5-3-4-14-27-23)29-26(34)30(25)18-6-10-20(11-7-18)35-21-12-8-19(9-13-21)31(32)33/h3-15,24-25,28H,1-2H3,(H,29,34)/t24-,25-/m1/s1. The Morgan fingerprint density at radius 3 is 2.29 bits per heavy atom. The van der Waals surface area contributed by atoms with E-state index in [4.69, 9.17) is 12.2 Å². The molecule has 4 aromatic rings. The average molecular weight is 502 g/mol. The van der Waals surface area contributed by atoms with Gasteiger partial charge in [0.05, 0.1) is 22.7 Å². The lowest BCUT2D eigenvalue weighted by Gasteiger charge is -2.28. The third-order valence-corrected chi connectivity index (χ3v) is 7.33. The highest BCUT2D eigenvalue weighted by Gasteiger charge is 2.41. The Hall–Kier alpha value is -3.69. The zero-order valence-electron chi connectivity index (χ0n) is 19.1. The van der Waals surface area contributed by atoms with E-state index in [0.29, 0.717) is 5.11 Å². The predicted octanol–water partition coefficient (Wildman–Crippen LogP) is 6.26. The van der Waals surface area contributed by atoms with Crippen LogP contribution in [0.25, 0.3) is 0 Å². The van der Waals surface area contributed by atoms with Crippen LogP contribution < -0.4 is 10.2 Å². The summed E-state index contributed by atoms with van der Waals surface area (Å²) in [4.78, 5) is 22.7. The van der Waals surface area contributed by atoms with E-state index in [0.717, 1.165) is 32.6 Å². The van der Waals surface area contributed by atoms with Gasteiger partial charge in [-0.3, -0.25) is 15.1 Å². The van der Waals surface area contributed by atoms with Gasteiger partial charge in [-0.1, -0.05) is 17.8 Å². The number of anilines is 1. The minimum atomic E-state index is -0.390. The molecular formula is C26H23N5O2S2. The van der Waals surface area contributed by atoms with E-state index in [1.807, 2.05) is 30.3 Å². The molecule has 1 saturated heterocycles. The van der Waals surface area contributed by atoms with Crippen LogP contribution >= 0.6 is 24.0 Å². The number of nitrogens with one attached hydrogen (secondary N) is 2. The molecule has 7 nitrogen and oxygen atoms in total. The Labute approximate surface area is 212 Å². The molecule has 0 unspecified atom stereocenters. The van der Waals surface area contributed by atoms with Crippen LogP contribution in [0.4, 0.5) is 11.4 Å². The summed E-state index contributed by atoms with van der Waals surface area (Å²) in [6.07, 6.45) is 1.80. The van der Waals surface area contributed by atoms with Crippen LogP contribution in [0.3, 0.4) is 0 Å². The Morgan fingerprint density at radius 1 is 1.03 bits per heavy atom. The third-order valence-electron chi connectivity index (χ3n) is 6.00. The maximum Gasteiger partial charge on any atom is 0.269 e. The van der Waals surface area contributed by atoms with Gasteiger partial charge in [0.25, 0.3) is 5.69 Å². The van der Waals surface area contributed by atoms with Gasteiger partial charge in [-0.15, -0.1) is 0 Å². The molecule has 35 heavy (non-hydrogen) atoms. The summed E-state index contributed by atoms with van der Waals surface area (Å²) in [5.74, 6) is 0. The molecule has 0 bridgehead atoms. The maximum absolute atomic E-state index is 10.9. The molecule has 176 valence electrons. The molecule has 0 spiro atoms. The smallest absolute Gasteiger partial charge is 0.269 e. The van der Waals surface area contributed by atoms with Gasteiger partial charge in [-0.2, -0.15) is 0 Å². The lowest BCUT2D eigenvalue weighted by Crippen LogP contribution is -2.29. The van der Waals surface area contributed by atoms with Gasteiger partial charge in [0.1, 0.15) is 0 Å². The summed E-state index contributed by atoms with van der Waals surface area (Å²) in [5, 5.41) is 15.0. The summed E-state index contributed by atoms with van der Waals surface area (Å²) in [6.45, 7) is 4.14. The zero-order valence-corrected chi connectivity index (χ0v) is 20.8. The van der Waals surface area contributed by atoms with Crippen LogP contribution in [0.2, 0.25) is 0 Å². The molecule has 0 amide bonds. The molecule has 5 rings (SSSR count). The molecular weight excluding hydrogens is 478 g/mol. The van der Waals surface area contributed by atoms with Gasteiger partial charge < -0.3 is 15.2 Å². The fourth-order valence-corrected chi connectivity index (χ4v) is 5.61. The van der Waals surface area contributed by atoms with Crippen LogP contribution in [-0.4, -0.2) is 20.0 Å². The van der Waals surface area contributed by atoms with E-state index < -0.39 is 4.92 Å². The number of nitro groups is 1. The molecule has 2 atom stereocenters. The van der Waals surface area contributed by atoms with E-state index in [9.17, 15) is 10.1 Å². The fourth-order valence-electron chi connectivity index (χ4n) is 4.45. The highest BCUT2D eigenvalue weighted by molar-refractivity contribution is 7.99. The van der Waals surface area contributed by atoms with Crippen molar-refractivity contribution in [2.75, 3.05) is 4.90 Å². The molecule has 1 fully saturated rings. The third kappa shape index (κ3) is 4.65. The van der Waals surface area contributed by atoms with Gasteiger partial charge in [-0.25, -0.2) is 0 Å². The van der Waals surface area contributed by atoms with Gasteiger partial charge in [-0.05, 0) is 86.2 Å². The number of nitro benzene ring substituents is 1. The average Bonchev–Trinajstić information content (AvgIpc) is 3.38. The van der Waals surface area contributed by atoms with Crippen molar-refractivity contribution in [2.24, 2.45) is 0 Å². The lowest BCUT2D eigenvalue weighted by atomic mass is 9.96. The van der Waals surface area contributed by atoms with Crippen molar-refractivity contribution >= 4 is 40.5 Å². The number of thiocarbonyl (C=S) groups is 1. The second-order valence-corrected chi connectivity index (χ2v) is 9.91. The second-order valence-electron chi connectivity index (χ2n) is 8.38.